The van der Waals surface area contributed by atoms with E-state index in [1.54, 1.807) is 0 Å². The van der Waals surface area contributed by atoms with Crippen LogP contribution in [0.1, 0.15) is 38.5 Å². The van der Waals surface area contributed by atoms with E-state index in [0.29, 0.717) is 0 Å². The molecule has 0 N–H and O–H groups in total. The Kier molecular flexibility index (Phi) is 11.1. The van der Waals surface area contributed by atoms with Gasteiger partial charge in [-0.05, 0) is 0 Å². The van der Waals surface area contributed by atoms with Gasteiger partial charge < -0.3 is 10.2 Å². The second kappa shape index (κ2) is 12.5. The Morgan fingerprint density at radius 2 is 0.968 bits per heavy atom. The molecule has 7 heteroatoms. The van der Waals surface area contributed by atoms with Crippen LogP contribution >= 0.6 is 0 Å². The zero-order chi connectivity index (χ0) is 23.1. The summed E-state index contributed by atoms with van der Waals surface area (Å²) in [6.07, 6.45) is 18.3. The summed E-state index contributed by atoms with van der Waals surface area (Å²) in [5.74, 6) is 0. The Hall–Kier alpha value is 0.117. The Labute approximate surface area is 204 Å². The molecule has 0 aromatic rings. The van der Waals surface area contributed by atoms with Gasteiger partial charge in [-0.2, -0.15) is 14.2 Å². The summed E-state index contributed by atoms with van der Waals surface area (Å²) in [5, 5.41) is 20.2. The third-order valence-corrected chi connectivity index (χ3v) is 19.9. The second-order valence-corrected chi connectivity index (χ2v) is 21.8. The predicted octanol–water partition coefficient (Wildman–Crippen LogP) is 3.13. The normalized spacial score (nSPS) is 21.9. The molecule has 4 aliphatic rings. The van der Waals surface area contributed by atoms with Gasteiger partial charge in [-0.3, -0.25) is 0 Å². The van der Waals surface area contributed by atoms with Gasteiger partial charge >= 0.3 is 181 Å². The van der Waals surface area contributed by atoms with Crippen LogP contribution in [-0.4, -0.2) is 66.0 Å². The molecule has 0 radical (unpaired) electrons. The summed E-state index contributed by atoms with van der Waals surface area (Å²) in [6.45, 7) is 15.9. The molecule has 2 heterocycles. The molecule has 0 aromatic heterocycles. The van der Waals surface area contributed by atoms with Crippen molar-refractivity contribution in [2.75, 3.05) is 40.4 Å². The predicted molar refractivity (Wildman–Crippen MR) is 130 cm³/mol. The molecule has 0 spiro atoms. The van der Waals surface area contributed by atoms with E-state index in [2.05, 4.69) is 59.6 Å². The van der Waals surface area contributed by atoms with E-state index < -0.39 is 39.7 Å². The van der Waals surface area contributed by atoms with Crippen LogP contribution in [0.15, 0.2) is 41.3 Å². The zero-order valence-electron chi connectivity index (χ0n) is 20.6. The monoisotopic (exact) mass is 536 g/mol. The van der Waals surface area contributed by atoms with Gasteiger partial charge in [-0.15, -0.1) is 0 Å². The third-order valence-electron chi connectivity index (χ3n) is 7.28. The third kappa shape index (κ3) is 6.17. The topological polar surface area (TPSA) is 52.6 Å². The van der Waals surface area contributed by atoms with Gasteiger partial charge in [0, 0.05) is 0 Å². The number of hydrogen-bond acceptors (Lipinski definition) is 4. The van der Waals surface area contributed by atoms with Crippen LogP contribution in [0.5, 0.6) is 0 Å². The van der Waals surface area contributed by atoms with E-state index in [-0.39, 0.29) is 0 Å². The maximum absolute atomic E-state index is 8.25. The van der Waals surface area contributed by atoms with Gasteiger partial charge in [-0.25, -0.2) is 0 Å². The van der Waals surface area contributed by atoms with Gasteiger partial charge in [0.25, 0.3) is 0 Å². The summed E-state index contributed by atoms with van der Waals surface area (Å²) in [6, 6.07) is 0. The Morgan fingerprint density at radius 1 is 0.645 bits per heavy atom. The summed E-state index contributed by atoms with van der Waals surface area (Å²) in [5.41, 5.74) is 0. The molecule has 0 bridgehead atoms. The molecule has 2 aliphatic heterocycles. The van der Waals surface area contributed by atoms with Crippen molar-refractivity contribution in [2.45, 2.75) is 64.7 Å². The number of hydrogen-bond donors (Lipinski definition) is 0. The number of nitrogens with zero attached hydrogens (tertiary/aromatic N) is 2. The van der Waals surface area contributed by atoms with Crippen molar-refractivity contribution in [3.63, 3.8) is 0 Å². The van der Waals surface area contributed by atoms with E-state index in [0.717, 1.165) is 14.2 Å². The fraction of sp³-hybridized carbons (Fsp3) is 0.667. The first-order valence-electron chi connectivity index (χ1n) is 11.8. The van der Waals surface area contributed by atoms with Crippen LogP contribution in [0.25, 0.3) is 0 Å². The molecule has 2 saturated heterocycles. The van der Waals surface area contributed by atoms with Crippen LogP contribution < -0.4 is 10.2 Å². The van der Waals surface area contributed by atoms with Crippen molar-refractivity contribution in [3.8, 4) is 0 Å². The van der Waals surface area contributed by atoms with Crippen molar-refractivity contribution in [3.05, 3.63) is 41.3 Å². The molecule has 0 amide bonds. The summed E-state index contributed by atoms with van der Waals surface area (Å²) >= 11 is -0.636. The Balaban J connectivity index is 0.000000807. The van der Waals surface area contributed by atoms with Gasteiger partial charge in [-0.1, -0.05) is 0 Å². The van der Waals surface area contributed by atoms with Crippen molar-refractivity contribution in [2.24, 2.45) is 0 Å². The van der Waals surface area contributed by atoms with Crippen LogP contribution in [-0.2, 0) is 23.2 Å². The second-order valence-electron chi connectivity index (χ2n) is 9.63. The number of allylic oxidation sites excluding steroid dienone is 8. The molecule has 4 nitrogen and oxygen atoms in total. The van der Waals surface area contributed by atoms with Gasteiger partial charge in [0.2, 0.25) is 0 Å². The fourth-order valence-electron chi connectivity index (χ4n) is 5.47. The first-order valence-corrected chi connectivity index (χ1v) is 20.1. The molecule has 2 aliphatic carbocycles. The molecule has 0 atom stereocenters. The van der Waals surface area contributed by atoms with Crippen LogP contribution in [0.3, 0.4) is 0 Å². The average molecular weight is 538 g/mol. The van der Waals surface area contributed by atoms with Gasteiger partial charge in [0.1, 0.15) is 0 Å². The minimum absolute atomic E-state index is 0.636. The van der Waals surface area contributed by atoms with Crippen molar-refractivity contribution < 1.29 is 33.4 Å². The molecule has 4 rings (SSSR count). The van der Waals surface area contributed by atoms with E-state index in [1.807, 2.05) is 17.0 Å². The minimum atomic E-state index is -1.44. The van der Waals surface area contributed by atoms with Crippen molar-refractivity contribution in [1.29, 1.82) is 0 Å². The Bertz CT molecular complexity index is 657. The van der Waals surface area contributed by atoms with Gasteiger partial charge in [0.15, 0.2) is 0 Å². The van der Waals surface area contributed by atoms with Crippen LogP contribution in [0.2, 0.25) is 26.2 Å². The Morgan fingerprint density at radius 3 is 1.29 bits per heavy atom. The fourth-order valence-corrected chi connectivity index (χ4v) is 20.1. The zero-order valence-corrected chi connectivity index (χ0v) is 25.0. The SMILES string of the molecule is C[O-].C[O-].C[Si](C)(C1=[C]([Zr+2][C]2=C([Si](C)(C)N3CCCC3)C=CC2)CC=C1)N1CCCC1. The van der Waals surface area contributed by atoms with Gasteiger partial charge in [0.05, 0.1) is 0 Å². The summed E-state index contributed by atoms with van der Waals surface area (Å²) in [4.78, 5) is 0. The molecule has 2 fully saturated rings. The quantitative estimate of drug-likeness (QED) is 0.489. The first-order chi connectivity index (χ1) is 14.9. The molecule has 0 unspecified atom stereocenters. The number of rotatable bonds is 6. The summed E-state index contributed by atoms with van der Waals surface area (Å²) in [7, 11) is -1.38. The maximum atomic E-state index is 8.25. The molecular formula is C24H42N2O2Si2Zr. The molecule has 172 valence electrons. The van der Waals surface area contributed by atoms with Crippen LogP contribution in [0, 0.1) is 0 Å². The molecule has 0 aromatic carbocycles. The van der Waals surface area contributed by atoms with E-state index >= 15 is 0 Å². The van der Waals surface area contributed by atoms with Crippen LogP contribution in [0.4, 0.5) is 0 Å². The standard InChI is InChI=1S/2C11H18NSi.2CH3O.Zr/c2*1-13(2,11-7-3-4-8-11)12-9-5-6-10-12;2*1-2;/h2*3,7H,4-6,9-10H2,1-2H3;2*1H3;/q;;2*-1;+2. The molecular weight excluding hydrogens is 496 g/mol. The molecule has 31 heavy (non-hydrogen) atoms. The first kappa shape index (κ1) is 27.4. The molecule has 0 saturated carbocycles. The van der Waals surface area contributed by atoms with E-state index in [1.165, 1.54) is 64.7 Å². The average Bonchev–Trinajstić information content (AvgIpc) is 3.59. The van der Waals surface area contributed by atoms with Crippen molar-refractivity contribution in [1.82, 2.24) is 9.13 Å². The summed E-state index contributed by atoms with van der Waals surface area (Å²) < 4.78 is 9.60. The van der Waals surface area contributed by atoms with Crippen molar-refractivity contribution >= 4 is 16.5 Å². The van der Waals surface area contributed by atoms with E-state index in [4.69, 9.17) is 10.2 Å². The van der Waals surface area contributed by atoms with E-state index in [9.17, 15) is 0 Å².